The molecule has 0 saturated carbocycles. The number of hydrogen-bond donors (Lipinski definition) is 1. The van der Waals surface area contributed by atoms with Crippen molar-refractivity contribution in [2.75, 3.05) is 33.8 Å². The maximum Gasteiger partial charge on any atom is 0.0896 e. The summed E-state index contributed by atoms with van der Waals surface area (Å²) in [6.07, 6.45) is 2.58. The van der Waals surface area contributed by atoms with Crippen LogP contribution in [-0.2, 0) is 11.2 Å². The second-order valence-electron chi connectivity index (χ2n) is 5.43. The lowest BCUT2D eigenvalue weighted by molar-refractivity contribution is -0.0380. The Kier molecular flexibility index (Phi) is 5.37. The van der Waals surface area contributed by atoms with Gasteiger partial charge in [0.15, 0.2) is 0 Å². The first-order valence-corrected chi connectivity index (χ1v) is 7.31. The summed E-state index contributed by atoms with van der Waals surface area (Å²) in [6, 6.07) is 9.19. The summed E-state index contributed by atoms with van der Waals surface area (Å²) in [5.74, 6) is 0. The van der Waals surface area contributed by atoms with E-state index in [1.807, 2.05) is 7.05 Å². The van der Waals surface area contributed by atoms with Gasteiger partial charge in [0.05, 0.1) is 18.8 Å². The molecule has 1 heterocycles. The summed E-state index contributed by atoms with van der Waals surface area (Å²) in [5, 5.41) is 3.43. The molecule has 0 aromatic heterocycles. The summed E-state index contributed by atoms with van der Waals surface area (Å²) in [7, 11) is 4.19. The summed E-state index contributed by atoms with van der Waals surface area (Å²) in [6.45, 7) is 5.07. The van der Waals surface area contributed by atoms with E-state index in [4.69, 9.17) is 4.74 Å². The van der Waals surface area contributed by atoms with Crippen molar-refractivity contribution in [2.24, 2.45) is 0 Å². The summed E-state index contributed by atoms with van der Waals surface area (Å²) >= 11 is 0. The number of ether oxygens (including phenoxy) is 1. The number of aryl methyl sites for hydroxylation is 1. The molecule has 1 aromatic rings. The van der Waals surface area contributed by atoms with Gasteiger partial charge in [-0.05, 0) is 31.6 Å². The van der Waals surface area contributed by atoms with Crippen molar-refractivity contribution in [3.63, 3.8) is 0 Å². The van der Waals surface area contributed by atoms with Crippen LogP contribution < -0.4 is 5.32 Å². The van der Waals surface area contributed by atoms with Crippen LogP contribution in [0, 0.1) is 0 Å². The second-order valence-corrected chi connectivity index (χ2v) is 5.43. The minimum Gasteiger partial charge on any atom is -0.374 e. The molecule has 19 heavy (non-hydrogen) atoms. The maximum atomic E-state index is 5.95. The number of nitrogens with one attached hydrogen (secondary N) is 1. The van der Waals surface area contributed by atoms with Crippen LogP contribution in [0.25, 0.3) is 0 Å². The van der Waals surface area contributed by atoms with Gasteiger partial charge >= 0.3 is 0 Å². The van der Waals surface area contributed by atoms with E-state index in [1.165, 1.54) is 17.5 Å². The predicted molar refractivity (Wildman–Crippen MR) is 79.5 cm³/mol. The fourth-order valence-electron chi connectivity index (χ4n) is 2.81. The van der Waals surface area contributed by atoms with Gasteiger partial charge in [0.25, 0.3) is 0 Å². The first kappa shape index (κ1) is 14.5. The van der Waals surface area contributed by atoms with E-state index in [0.717, 1.165) is 26.1 Å². The van der Waals surface area contributed by atoms with Crippen LogP contribution in [0.15, 0.2) is 24.3 Å². The number of nitrogens with zero attached hydrogens (tertiary/aromatic N) is 1. The molecule has 106 valence electrons. The Morgan fingerprint density at radius 3 is 3.00 bits per heavy atom. The number of rotatable bonds is 5. The summed E-state index contributed by atoms with van der Waals surface area (Å²) < 4.78 is 5.95. The SMILES string of the molecule is CCCc1cccc(C(NC)C2CN(C)CCO2)c1. The molecule has 1 saturated heterocycles. The van der Waals surface area contributed by atoms with Crippen molar-refractivity contribution in [3.05, 3.63) is 35.4 Å². The molecule has 0 aliphatic carbocycles. The van der Waals surface area contributed by atoms with E-state index in [-0.39, 0.29) is 12.1 Å². The number of hydrogen-bond acceptors (Lipinski definition) is 3. The average molecular weight is 262 g/mol. The fourth-order valence-corrected chi connectivity index (χ4v) is 2.81. The Balaban J connectivity index is 2.13. The van der Waals surface area contributed by atoms with Crippen LogP contribution in [0.4, 0.5) is 0 Å². The quantitative estimate of drug-likeness (QED) is 0.880. The van der Waals surface area contributed by atoms with E-state index >= 15 is 0 Å². The highest BCUT2D eigenvalue weighted by molar-refractivity contribution is 5.27. The molecule has 1 aromatic carbocycles. The smallest absolute Gasteiger partial charge is 0.0896 e. The van der Waals surface area contributed by atoms with Gasteiger partial charge < -0.3 is 15.0 Å². The fraction of sp³-hybridized carbons (Fsp3) is 0.625. The van der Waals surface area contributed by atoms with Crippen molar-refractivity contribution < 1.29 is 4.74 Å². The molecule has 2 unspecified atom stereocenters. The highest BCUT2D eigenvalue weighted by Gasteiger charge is 2.26. The Hall–Kier alpha value is -0.900. The molecule has 0 radical (unpaired) electrons. The third kappa shape index (κ3) is 3.78. The molecular weight excluding hydrogens is 236 g/mol. The average Bonchev–Trinajstić information content (AvgIpc) is 2.41. The van der Waals surface area contributed by atoms with Crippen LogP contribution in [0.3, 0.4) is 0 Å². The van der Waals surface area contributed by atoms with Crippen molar-refractivity contribution in [2.45, 2.75) is 31.9 Å². The highest BCUT2D eigenvalue weighted by Crippen LogP contribution is 2.23. The first-order valence-electron chi connectivity index (χ1n) is 7.31. The molecular formula is C16H26N2O. The molecule has 0 bridgehead atoms. The van der Waals surface area contributed by atoms with Crippen molar-refractivity contribution >= 4 is 0 Å². The van der Waals surface area contributed by atoms with Gasteiger partial charge in [-0.2, -0.15) is 0 Å². The molecule has 0 spiro atoms. The monoisotopic (exact) mass is 262 g/mol. The van der Waals surface area contributed by atoms with E-state index in [1.54, 1.807) is 0 Å². The van der Waals surface area contributed by atoms with Gasteiger partial charge in [0.1, 0.15) is 0 Å². The molecule has 2 atom stereocenters. The molecule has 3 nitrogen and oxygen atoms in total. The third-order valence-corrected chi connectivity index (χ3v) is 3.83. The van der Waals surface area contributed by atoms with Crippen molar-refractivity contribution in [1.82, 2.24) is 10.2 Å². The van der Waals surface area contributed by atoms with E-state index in [0.29, 0.717) is 0 Å². The summed E-state index contributed by atoms with van der Waals surface area (Å²) in [5.41, 5.74) is 2.76. The second kappa shape index (κ2) is 7.04. The normalized spacial score (nSPS) is 22.4. The lowest BCUT2D eigenvalue weighted by Gasteiger charge is -2.35. The Morgan fingerprint density at radius 2 is 2.32 bits per heavy atom. The highest BCUT2D eigenvalue weighted by atomic mass is 16.5. The van der Waals surface area contributed by atoms with Gasteiger partial charge in [0, 0.05) is 13.1 Å². The predicted octanol–water partition coefficient (Wildman–Crippen LogP) is 2.23. The Labute approximate surface area is 116 Å². The van der Waals surface area contributed by atoms with Crippen LogP contribution in [0.5, 0.6) is 0 Å². The third-order valence-electron chi connectivity index (χ3n) is 3.83. The van der Waals surface area contributed by atoms with Crippen LogP contribution in [0.1, 0.15) is 30.5 Å². The zero-order chi connectivity index (χ0) is 13.7. The van der Waals surface area contributed by atoms with Crippen molar-refractivity contribution in [3.8, 4) is 0 Å². The lowest BCUT2D eigenvalue weighted by Crippen LogP contribution is -2.46. The molecule has 3 heteroatoms. The van der Waals surface area contributed by atoms with E-state index in [9.17, 15) is 0 Å². The first-order chi connectivity index (χ1) is 9.24. The van der Waals surface area contributed by atoms with Gasteiger partial charge in [-0.1, -0.05) is 37.6 Å². The summed E-state index contributed by atoms with van der Waals surface area (Å²) in [4.78, 5) is 2.34. The minimum atomic E-state index is 0.237. The largest absolute Gasteiger partial charge is 0.374 e. The Morgan fingerprint density at radius 1 is 1.47 bits per heavy atom. The zero-order valence-electron chi connectivity index (χ0n) is 12.4. The molecule has 2 rings (SSSR count). The number of benzene rings is 1. The topological polar surface area (TPSA) is 24.5 Å². The lowest BCUT2D eigenvalue weighted by atomic mass is 9.97. The minimum absolute atomic E-state index is 0.237. The molecule has 1 N–H and O–H groups in total. The number of likely N-dealkylation sites (N-methyl/N-ethyl adjacent to an activating group) is 2. The zero-order valence-corrected chi connectivity index (χ0v) is 12.4. The van der Waals surface area contributed by atoms with E-state index < -0.39 is 0 Å². The van der Waals surface area contributed by atoms with Crippen LogP contribution in [0.2, 0.25) is 0 Å². The van der Waals surface area contributed by atoms with Gasteiger partial charge in [-0.15, -0.1) is 0 Å². The van der Waals surface area contributed by atoms with Gasteiger partial charge in [0.2, 0.25) is 0 Å². The standard InChI is InChI=1S/C16H26N2O/c1-4-6-13-7-5-8-14(11-13)16(17-2)15-12-18(3)9-10-19-15/h5,7-8,11,15-17H,4,6,9-10,12H2,1-3H3. The molecule has 0 amide bonds. The van der Waals surface area contributed by atoms with Crippen LogP contribution >= 0.6 is 0 Å². The molecule has 1 fully saturated rings. The Bertz CT molecular complexity index is 394. The molecule has 1 aliphatic heterocycles. The van der Waals surface area contributed by atoms with Crippen molar-refractivity contribution in [1.29, 1.82) is 0 Å². The van der Waals surface area contributed by atoms with Gasteiger partial charge in [-0.3, -0.25) is 0 Å². The maximum absolute atomic E-state index is 5.95. The van der Waals surface area contributed by atoms with Crippen LogP contribution in [-0.4, -0.2) is 44.8 Å². The molecule has 1 aliphatic rings. The van der Waals surface area contributed by atoms with Gasteiger partial charge in [-0.25, -0.2) is 0 Å². The van der Waals surface area contributed by atoms with E-state index in [2.05, 4.69) is 48.5 Å². The number of morpholine rings is 1.